The Morgan fingerprint density at radius 3 is 2.27 bits per heavy atom. The van der Waals surface area contributed by atoms with Crippen molar-refractivity contribution in [1.29, 1.82) is 0 Å². The highest BCUT2D eigenvalue weighted by Crippen LogP contribution is 2.25. The summed E-state index contributed by atoms with van der Waals surface area (Å²) in [7, 11) is 3.47. The lowest BCUT2D eigenvalue weighted by Gasteiger charge is -2.11. The first-order chi connectivity index (χ1) is 7.02. The molecular weight excluding hydrogens is 233 g/mol. The molecule has 0 saturated carbocycles. The molecule has 0 N–H and O–H groups in total. The highest BCUT2D eigenvalue weighted by molar-refractivity contribution is 6.36. The van der Waals surface area contributed by atoms with Crippen molar-refractivity contribution < 1.29 is 4.79 Å². The van der Waals surface area contributed by atoms with Gasteiger partial charge in [0.15, 0.2) is 0 Å². The van der Waals surface area contributed by atoms with Crippen LogP contribution in [0.25, 0.3) is 0 Å². The van der Waals surface area contributed by atoms with Crippen LogP contribution in [0.1, 0.15) is 12.0 Å². The van der Waals surface area contributed by atoms with E-state index in [-0.39, 0.29) is 5.91 Å². The van der Waals surface area contributed by atoms with Crippen LogP contribution in [0.3, 0.4) is 0 Å². The van der Waals surface area contributed by atoms with Gasteiger partial charge < -0.3 is 4.90 Å². The summed E-state index contributed by atoms with van der Waals surface area (Å²) in [6.45, 7) is 0. The fourth-order valence-corrected chi connectivity index (χ4v) is 1.81. The van der Waals surface area contributed by atoms with Crippen molar-refractivity contribution in [3.8, 4) is 0 Å². The Kier molecular flexibility index (Phi) is 4.43. The zero-order valence-corrected chi connectivity index (χ0v) is 10.3. The molecule has 0 aromatic heterocycles. The molecule has 0 aliphatic heterocycles. The molecule has 1 amide bonds. The second-order valence-corrected chi connectivity index (χ2v) is 4.30. The number of carbonyl (C=O) groups excluding carboxylic acids is 1. The molecule has 0 aliphatic rings. The number of amides is 1. The fraction of sp³-hybridized carbons (Fsp3) is 0.364. The number of hydrogen-bond donors (Lipinski definition) is 0. The minimum absolute atomic E-state index is 0.0750. The summed E-state index contributed by atoms with van der Waals surface area (Å²) in [4.78, 5) is 12.9. The van der Waals surface area contributed by atoms with Crippen LogP contribution in [-0.2, 0) is 11.2 Å². The topological polar surface area (TPSA) is 20.3 Å². The van der Waals surface area contributed by atoms with Gasteiger partial charge in [0.2, 0.25) is 5.91 Å². The van der Waals surface area contributed by atoms with Crippen LogP contribution in [0, 0.1) is 0 Å². The first kappa shape index (κ1) is 12.3. The van der Waals surface area contributed by atoms with Crippen molar-refractivity contribution in [2.24, 2.45) is 0 Å². The lowest BCUT2D eigenvalue weighted by molar-refractivity contribution is -0.128. The largest absolute Gasteiger partial charge is 0.349 e. The van der Waals surface area contributed by atoms with Crippen LogP contribution in [0.4, 0.5) is 0 Å². The molecule has 0 bridgehead atoms. The van der Waals surface area contributed by atoms with E-state index in [9.17, 15) is 4.79 Å². The molecule has 0 unspecified atom stereocenters. The highest BCUT2D eigenvalue weighted by atomic mass is 35.5. The molecule has 0 aliphatic carbocycles. The van der Waals surface area contributed by atoms with Gasteiger partial charge in [0, 0.05) is 30.6 Å². The average molecular weight is 246 g/mol. The van der Waals surface area contributed by atoms with Crippen molar-refractivity contribution >= 4 is 29.1 Å². The van der Waals surface area contributed by atoms with Crippen LogP contribution >= 0.6 is 23.2 Å². The molecule has 0 fully saturated rings. The van der Waals surface area contributed by atoms with Gasteiger partial charge in [-0.25, -0.2) is 0 Å². The Morgan fingerprint density at radius 2 is 1.80 bits per heavy atom. The van der Waals surface area contributed by atoms with Gasteiger partial charge in [-0.15, -0.1) is 0 Å². The number of halogens is 2. The summed E-state index contributed by atoms with van der Waals surface area (Å²) in [5, 5.41) is 1.24. The van der Waals surface area contributed by atoms with Gasteiger partial charge >= 0.3 is 0 Å². The average Bonchev–Trinajstić information content (AvgIpc) is 2.16. The van der Waals surface area contributed by atoms with Crippen molar-refractivity contribution in [1.82, 2.24) is 4.90 Å². The SMILES string of the molecule is CN(C)C(=O)CCc1c(Cl)cccc1Cl. The maximum Gasteiger partial charge on any atom is 0.222 e. The van der Waals surface area contributed by atoms with Crippen molar-refractivity contribution in [3.05, 3.63) is 33.8 Å². The van der Waals surface area contributed by atoms with Crippen LogP contribution in [-0.4, -0.2) is 24.9 Å². The zero-order valence-electron chi connectivity index (χ0n) is 8.76. The summed E-state index contributed by atoms with van der Waals surface area (Å²) < 4.78 is 0. The molecule has 0 radical (unpaired) electrons. The van der Waals surface area contributed by atoms with E-state index in [0.29, 0.717) is 22.9 Å². The molecule has 15 heavy (non-hydrogen) atoms. The Morgan fingerprint density at radius 1 is 1.27 bits per heavy atom. The van der Waals surface area contributed by atoms with Crippen LogP contribution in [0.2, 0.25) is 10.0 Å². The summed E-state index contributed by atoms with van der Waals surface area (Å²) in [6.07, 6.45) is 1.01. The fourth-order valence-electron chi connectivity index (χ4n) is 1.23. The van der Waals surface area contributed by atoms with Gasteiger partial charge in [0.05, 0.1) is 0 Å². The molecule has 0 saturated heterocycles. The molecule has 82 valence electrons. The minimum Gasteiger partial charge on any atom is -0.349 e. The molecule has 0 atom stereocenters. The number of nitrogens with zero attached hydrogens (tertiary/aromatic N) is 1. The lowest BCUT2D eigenvalue weighted by atomic mass is 10.1. The normalized spacial score (nSPS) is 10.1. The molecule has 1 rings (SSSR count). The van der Waals surface area contributed by atoms with E-state index in [2.05, 4.69) is 0 Å². The second kappa shape index (κ2) is 5.38. The zero-order chi connectivity index (χ0) is 11.4. The minimum atomic E-state index is 0.0750. The van der Waals surface area contributed by atoms with E-state index in [1.54, 1.807) is 37.2 Å². The van der Waals surface area contributed by atoms with Crippen LogP contribution in [0.5, 0.6) is 0 Å². The van der Waals surface area contributed by atoms with E-state index in [1.165, 1.54) is 0 Å². The summed E-state index contributed by atoms with van der Waals surface area (Å²) in [6, 6.07) is 5.35. The number of carbonyl (C=O) groups is 1. The third kappa shape index (κ3) is 3.40. The Bertz CT molecular complexity index is 343. The van der Waals surface area contributed by atoms with Gasteiger partial charge in [-0.05, 0) is 24.1 Å². The quantitative estimate of drug-likeness (QED) is 0.802. The summed E-state index contributed by atoms with van der Waals surface area (Å²) in [5.74, 6) is 0.0750. The molecule has 0 heterocycles. The Hall–Kier alpha value is -0.730. The van der Waals surface area contributed by atoms with Crippen molar-refractivity contribution in [3.63, 3.8) is 0 Å². The highest BCUT2D eigenvalue weighted by Gasteiger charge is 2.09. The van der Waals surface area contributed by atoms with Gasteiger partial charge in [0.25, 0.3) is 0 Å². The second-order valence-electron chi connectivity index (χ2n) is 3.49. The van der Waals surface area contributed by atoms with Gasteiger partial charge in [-0.3, -0.25) is 4.79 Å². The molecule has 1 aromatic carbocycles. The first-order valence-corrected chi connectivity index (χ1v) is 5.41. The lowest BCUT2D eigenvalue weighted by Crippen LogP contribution is -2.21. The number of hydrogen-bond acceptors (Lipinski definition) is 1. The molecule has 4 heteroatoms. The molecule has 1 aromatic rings. The molecule has 0 spiro atoms. The third-order valence-corrected chi connectivity index (χ3v) is 2.86. The van der Waals surface area contributed by atoms with Crippen molar-refractivity contribution in [2.45, 2.75) is 12.8 Å². The first-order valence-electron chi connectivity index (χ1n) is 4.65. The van der Waals surface area contributed by atoms with E-state index in [1.807, 2.05) is 0 Å². The molecule has 2 nitrogen and oxygen atoms in total. The van der Waals surface area contributed by atoms with Gasteiger partial charge in [-0.1, -0.05) is 29.3 Å². The van der Waals surface area contributed by atoms with Crippen molar-refractivity contribution in [2.75, 3.05) is 14.1 Å². The number of benzene rings is 1. The van der Waals surface area contributed by atoms with E-state index in [0.717, 1.165) is 5.56 Å². The van der Waals surface area contributed by atoms with Gasteiger partial charge in [-0.2, -0.15) is 0 Å². The summed E-state index contributed by atoms with van der Waals surface area (Å²) >= 11 is 12.0. The van der Waals surface area contributed by atoms with E-state index >= 15 is 0 Å². The van der Waals surface area contributed by atoms with E-state index < -0.39 is 0 Å². The van der Waals surface area contributed by atoms with Crippen LogP contribution in [0.15, 0.2) is 18.2 Å². The predicted octanol–water partition coefficient (Wildman–Crippen LogP) is 3.01. The standard InChI is InChI=1S/C11H13Cl2NO/c1-14(2)11(15)7-6-8-9(12)4-3-5-10(8)13/h3-5H,6-7H2,1-2H3. The van der Waals surface area contributed by atoms with Gasteiger partial charge in [0.1, 0.15) is 0 Å². The smallest absolute Gasteiger partial charge is 0.222 e. The molecular formula is C11H13Cl2NO. The third-order valence-electron chi connectivity index (χ3n) is 2.15. The Labute approximate surface area is 99.8 Å². The maximum atomic E-state index is 11.4. The number of rotatable bonds is 3. The predicted molar refractivity (Wildman–Crippen MR) is 63.5 cm³/mol. The monoisotopic (exact) mass is 245 g/mol. The van der Waals surface area contributed by atoms with Crippen LogP contribution < -0.4 is 0 Å². The summed E-state index contributed by atoms with van der Waals surface area (Å²) in [5.41, 5.74) is 0.844. The Balaban J connectivity index is 2.69. The maximum absolute atomic E-state index is 11.4. The van der Waals surface area contributed by atoms with E-state index in [4.69, 9.17) is 23.2 Å².